The molecule has 3 N–H and O–H groups in total. The van der Waals surface area contributed by atoms with E-state index in [9.17, 15) is 14.4 Å². The van der Waals surface area contributed by atoms with Gasteiger partial charge in [0, 0.05) is 30.8 Å². The molecule has 0 bridgehead atoms. The Morgan fingerprint density at radius 2 is 1.33 bits per heavy atom. The zero-order valence-electron chi connectivity index (χ0n) is 15.8. The standard InChI is InChI=1S/C21H25N3O3/c1-14(2)21(27)24-19-10-6-17(7-11-19)13-22-20(26)12-16-4-8-18(9-5-16)23-15(3)25/h4-11,14H,12-13H2,1-3H3,(H,22,26)(H,23,25)(H,24,27). The molecule has 0 atom stereocenters. The Hall–Kier alpha value is -3.15. The maximum Gasteiger partial charge on any atom is 0.226 e. The summed E-state index contributed by atoms with van der Waals surface area (Å²) >= 11 is 0. The first kappa shape index (κ1) is 20.2. The number of amides is 3. The second-order valence-corrected chi connectivity index (χ2v) is 6.67. The number of anilines is 2. The van der Waals surface area contributed by atoms with Crippen LogP contribution in [0.1, 0.15) is 31.9 Å². The van der Waals surface area contributed by atoms with Gasteiger partial charge in [-0.3, -0.25) is 14.4 Å². The van der Waals surface area contributed by atoms with Crippen molar-refractivity contribution in [2.45, 2.75) is 33.7 Å². The van der Waals surface area contributed by atoms with Gasteiger partial charge in [-0.05, 0) is 35.4 Å². The number of benzene rings is 2. The van der Waals surface area contributed by atoms with Gasteiger partial charge in [0.05, 0.1) is 6.42 Å². The highest BCUT2D eigenvalue weighted by molar-refractivity contribution is 5.92. The van der Waals surface area contributed by atoms with Crippen molar-refractivity contribution in [2.75, 3.05) is 10.6 Å². The lowest BCUT2D eigenvalue weighted by molar-refractivity contribution is -0.120. The Bertz CT molecular complexity index is 796. The zero-order chi connectivity index (χ0) is 19.8. The third kappa shape index (κ3) is 6.93. The number of nitrogens with one attached hydrogen (secondary N) is 3. The summed E-state index contributed by atoms with van der Waals surface area (Å²) in [5, 5.41) is 8.40. The van der Waals surface area contributed by atoms with Gasteiger partial charge in [-0.15, -0.1) is 0 Å². The van der Waals surface area contributed by atoms with Gasteiger partial charge in [0.25, 0.3) is 0 Å². The summed E-state index contributed by atoms with van der Waals surface area (Å²) in [6.07, 6.45) is 0.267. The van der Waals surface area contributed by atoms with E-state index in [2.05, 4.69) is 16.0 Å². The van der Waals surface area contributed by atoms with Gasteiger partial charge < -0.3 is 16.0 Å². The summed E-state index contributed by atoms with van der Waals surface area (Å²) in [5.74, 6) is -0.313. The molecule has 0 aliphatic heterocycles. The fourth-order valence-corrected chi connectivity index (χ4v) is 2.35. The first-order valence-corrected chi connectivity index (χ1v) is 8.86. The van der Waals surface area contributed by atoms with Gasteiger partial charge in [-0.1, -0.05) is 38.1 Å². The summed E-state index contributed by atoms with van der Waals surface area (Å²) in [6, 6.07) is 14.6. The Balaban J connectivity index is 1.81. The molecule has 0 aliphatic carbocycles. The lowest BCUT2D eigenvalue weighted by Gasteiger charge is -2.09. The molecule has 27 heavy (non-hydrogen) atoms. The fraction of sp³-hybridized carbons (Fsp3) is 0.286. The van der Waals surface area contributed by atoms with E-state index in [4.69, 9.17) is 0 Å². The average Bonchev–Trinajstić information content (AvgIpc) is 2.62. The molecule has 0 fully saturated rings. The second-order valence-electron chi connectivity index (χ2n) is 6.67. The van der Waals surface area contributed by atoms with Crippen LogP contribution in [0, 0.1) is 5.92 Å². The average molecular weight is 367 g/mol. The molecule has 2 aromatic carbocycles. The minimum atomic E-state index is -0.129. The van der Waals surface area contributed by atoms with Gasteiger partial charge in [0.1, 0.15) is 0 Å². The summed E-state index contributed by atoms with van der Waals surface area (Å²) < 4.78 is 0. The number of hydrogen-bond donors (Lipinski definition) is 3. The van der Waals surface area contributed by atoms with E-state index < -0.39 is 0 Å². The Labute approximate surface area is 159 Å². The number of carbonyl (C=O) groups is 3. The first-order valence-electron chi connectivity index (χ1n) is 8.86. The molecular formula is C21H25N3O3. The molecule has 142 valence electrons. The van der Waals surface area contributed by atoms with Gasteiger partial charge in [-0.25, -0.2) is 0 Å². The van der Waals surface area contributed by atoms with Crippen molar-refractivity contribution >= 4 is 29.1 Å². The molecule has 0 radical (unpaired) electrons. The van der Waals surface area contributed by atoms with Crippen molar-refractivity contribution in [2.24, 2.45) is 5.92 Å². The SMILES string of the molecule is CC(=O)Nc1ccc(CC(=O)NCc2ccc(NC(=O)C(C)C)cc2)cc1. The molecule has 0 saturated carbocycles. The molecule has 0 saturated heterocycles. The van der Waals surface area contributed by atoms with Gasteiger partial charge in [0.2, 0.25) is 17.7 Å². The van der Waals surface area contributed by atoms with E-state index in [0.717, 1.165) is 16.8 Å². The lowest BCUT2D eigenvalue weighted by atomic mass is 10.1. The van der Waals surface area contributed by atoms with Crippen molar-refractivity contribution in [3.8, 4) is 0 Å². The third-order valence-electron chi connectivity index (χ3n) is 3.87. The number of rotatable bonds is 7. The van der Waals surface area contributed by atoms with E-state index in [1.54, 1.807) is 12.1 Å². The van der Waals surface area contributed by atoms with Crippen LogP contribution in [0.15, 0.2) is 48.5 Å². The molecule has 0 unspecified atom stereocenters. The van der Waals surface area contributed by atoms with Crippen molar-refractivity contribution < 1.29 is 14.4 Å². The largest absolute Gasteiger partial charge is 0.352 e. The van der Waals surface area contributed by atoms with Gasteiger partial charge in [-0.2, -0.15) is 0 Å². The second kappa shape index (κ2) is 9.52. The molecule has 3 amide bonds. The van der Waals surface area contributed by atoms with Crippen LogP contribution in [0.4, 0.5) is 11.4 Å². The lowest BCUT2D eigenvalue weighted by Crippen LogP contribution is -2.24. The van der Waals surface area contributed by atoms with Crippen LogP contribution in [0.5, 0.6) is 0 Å². The normalized spacial score (nSPS) is 10.4. The summed E-state index contributed by atoms with van der Waals surface area (Å²) in [7, 11) is 0. The quantitative estimate of drug-likeness (QED) is 0.703. The van der Waals surface area contributed by atoms with Crippen LogP contribution < -0.4 is 16.0 Å². The Morgan fingerprint density at radius 3 is 1.85 bits per heavy atom. The van der Waals surface area contributed by atoms with Gasteiger partial charge in [0.15, 0.2) is 0 Å². The first-order chi connectivity index (χ1) is 12.8. The highest BCUT2D eigenvalue weighted by Gasteiger charge is 2.07. The fourth-order valence-electron chi connectivity index (χ4n) is 2.35. The highest BCUT2D eigenvalue weighted by atomic mass is 16.2. The van der Waals surface area contributed by atoms with Crippen LogP contribution >= 0.6 is 0 Å². The Kier molecular flexibility index (Phi) is 7.11. The van der Waals surface area contributed by atoms with Crippen LogP contribution in [-0.4, -0.2) is 17.7 Å². The zero-order valence-corrected chi connectivity index (χ0v) is 15.8. The molecule has 2 rings (SSSR count). The molecule has 6 heteroatoms. The predicted molar refractivity (Wildman–Crippen MR) is 106 cm³/mol. The highest BCUT2D eigenvalue weighted by Crippen LogP contribution is 2.12. The molecule has 2 aromatic rings. The summed E-state index contributed by atoms with van der Waals surface area (Å²) in [6.45, 7) is 5.55. The molecule has 0 heterocycles. The van der Waals surface area contributed by atoms with Crippen LogP contribution in [0.3, 0.4) is 0 Å². The molecule has 0 aromatic heterocycles. The van der Waals surface area contributed by atoms with Crippen LogP contribution in [0.25, 0.3) is 0 Å². The minimum absolute atomic E-state index is 0.0272. The smallest absolute Gasteiger partial charge is 0.226 e. The Morgan fingerprint density at radius 1 is 0.815 bits per heavy atom. The van der Waals surface area contributed by atoms with Crippen LogP contribution in [-0.2, 0) is 27.3 Å². The topological polar surface area (TPSA) is 87.3 Å². The third-order valence-corrected chi connectivity index (χ3v) is 3.87. The van der Waals surface area contributed by atoms with E-state index >= 15 is 0 Å². The molecule has 0 aliphatic rings. The summed E-state index contributed by atoms with van der Waals surface area (Å²) in [4.78, 5) is 34.8. The van der Waals surface area contributed by atoms with E-state index in [0.29, 0.717) is 12.2 Å². The van der Waals surface area contributed by atoms with Crippen molar-refractivity contribution in [1.29, 1.82) is 0 Å². The van der Waals surface area contributed by atoms with Crippen molar-refractivity contribution in [3.05, 3.63) is 59.7 Å². The van der Waals surface area contributed by atoms with Gasteiger partial charge >= 0.3 is 0 Å². The maximum atomic E-state index is 12.1. The van der Waals surface area contributed by atoms with Crippen molar-refractivity contribution in [1.82, 2.24) is 5.32 Å². The van der Waals surface area contributed by atoms with Crippen molar-refractivity contribution in [3.63, 3.8) is 0 Å². The molecule has 6 nitrogen and oxygen atoms in total. The van der Waals surface area contributed by atoms with E-state index in [1.807, 2.05) is 50.2 Å². The molecular weight excluding hydrogens is 342 g/mol. The van der Waals surface area contributed by atoms with E-state index in [1.165, 1.54) is 6.92 Å². The predicted octanol–water partition coefficient (Wildman–Crippen LogP) is 3.10. The monoisotopic (exact) mass is 367 g/mol. The number of carbonyl (C=O) groups excluding carboxylic acids is 3. The molecule has 0 spiro atoms. The summed E-state index contributed by atoms with van der Waals surface area (Å²) in [5.41, 5.74) is 3.26. The minimum Gasteiger partial charge on any atom is -0.352 e. The maximum absolute atomic E-state index is 12.1. The van der Waals surface area contributed by atoms with Crippen LogP contribution in [0.2, 0.25) is 0 Å². The number of hydrogen-bond acceptors (Lipinski definition) is 3. The van der Waals surface area contributed by atoms with E-state index in [-0.39, 0.29) is 30.1 Å².